The van der Waals surface area contributed by atoms with Crippen molar-refractivity contribution in [2.24, 2.45) is 5.92 Å². The smallest absolute Gasteiger partial charge is 0.335 e. The summed E-state index contributed by atoms with van der Waals surface area (Å²) in [4.78, 5) is 11.3. The van der Waals surface area contributed by atoms with Crippen molar-refractivity contribution in [3.63, 3.8) is 0 Å². The predicted molar refractivity (Wildman–Crippen MR) is 63.5 cm³/mol. The Balaban J connectivity index is 2.51. The van der Waals surface area contributed by atoms with Crippen LogP contribution in [0.25, 0.3) is 0 Å². The minimum absolute atomic E-state index is 0.583. The number of unbranched alkanes of at least 4 members (excludes halogenated alkanes) is 1. The van der Waals surface area contributed by atoms with Crippen molar-refractivity contribution < 1.29 is 14.6 Å². The van der Waals surface area contributed by atoms with Crippen molar-refractivity contribution in [1.82, 2.24) is 0 Å². The van der Waals surface area contributed by atoms with Gasteiger partial charge in [0.2, 0.25) is 0 Å². The van der Waals surface area contributed by atoms with Crippen molar-refractivity contribution in [1.29, 1.82) is 0 Å². The lowest BCUT2D eigenvalue weighted by atomic mass is 9.77. The lowest BCUT2D eigenvalue weighted by Gasteiger charge is -2.36. The van der Waals surface area contributed by atoms with Gasteiger partial charge in [0.25, 0.3) is 0 Å². The van der Waals surface area contributed by atoms with Crippen molar-refractivity contribution in [3.05, 3.63) is 0 Å². The number of carboxylic acids is 1. The van der Waals surface area contributed by atoms with Crippen LogP contribution >= 0.6 is 0 Å². The molecule has 1 fully saturated rings. The van der Waals surface area contributed by atoms with E-state index in [0.29, 0.717) is 25.4 Å². The van der Waals surface area contributed by atoms with E-state index < -0.39 is 11.6 Å². The zero-order valence-corrected chi connectivity index (χ0v) is 10.5. The summed E-state index contributed by atoms with van der Waals surface area (Å²) in [7, 11) is 0. The summed E-state index contributed by atoms with van der Waals surface area (Å²) in [5.74, 6) is -0.0691. The average molecular weight is 228 g/mol. The standard InChI is InChI=1S/C13H24O3/c1-3-5-10-16-13(12(14)15)8-6-11(4-2)7-9-13/h11H,3-10H2,1-2H3,(H,14,15). The molecule has 1 saturated carbocycles. The first kappa shape index (κ1) is 13.5. The number of hydrogen-bond donors (Lipinski definition) is 1. The SMILES string of the molecule is CCCCOC1(C(=O)O)CCC(CC)CC1. The zero-order valence-electron chi connectivity index (χ0n) is 10.5. The Hall–Kier alpha value is -0.570. The number of hydrogen-bond acceptors (Lipinski definition) is 2. The first-order chi connectivity index (χ1) is 7.64. The molecule has 3 nitrogen and oxygen atoms in total. The molecule has 16 heavy (non-hydrogen) atoms. The Morgan fingerprint density at radius 1 is 1.38 bits per heavy atom. The fourth-order valence-corrected chi connectivity index (χ4v) is 2.38. The Bertz CT molecular complexity index is 212. The van der Waals surface area contributed by atoms with Gasteiger partial charge in [-0.05, 0) is 38.0 Å². The van der Waals surface area contributed by atoms with Crippen LogP contribution in [0.1, 0.15) is 58.8 Å². The molecule has 0 aromatic rings. The molecule has 0 saturated heterocycles. The summed E-state index contributed by atoms with van der Waals surface area (Å²) in [6, 6.07) is 0. The van der Waals surface area contributed by atoms with Gasteiger partial charge < -0.3 is 9.84 Å². The molecule has 94 valence electrons. The number of rotatable bonds is 6. The van der Waals surface area contributed by atoms with Gasteiger partial charge in [0, 0.05) is 6.61 Å². The van der Waals surface area contributed by atoms with Crippen molar-refractivity contribution >= 4 is 5.97 Å². The molecule has 1 aliphatic rings. The van der Waals surface area contributed by atoms with Gasteiger partial charge in [-0.1, -0.05) is 26.7 Å². The van der Waals surface area contributed by atoms with Gasteiger partial charge in [-0.2, -0.15) is 0 Å². The van der Waals surface area contributed by atoms with Crippen LogP contribution in [0.3, 0.4) is 0 Å². The molecule has 0 unspecified atom stereocenters. The number of carboxylic acid groups (broad SMARTS) is 1. The number of aliphatic carboxylic acids is 1. The molecule has 0 spiro atoms. The third kappa shape index (κ3) is 3.21. The van der Waals surface area contributed by atoms with Crippen LogP contribution in [0.2, 0.25) is 0 Å². The van der Waals surface area contributed by atoms with Crippen LogP contribution in [0.15, 0.2) is 0 Å². The molecule has 1 aliphatic carbocycles. The minimum Gasteiger partial charge on any atom is -0.479 e. The summed E-state index contributed by atoms with van der Waals surface area (Å²) in [5, 5.41) is 9.32. The zero-order chi connectivity index (χ0) is 12.0. The second kappa shape index (κ2) is 6.24. The highest BCUT2D eigenvalue weighted by atomic mass is 16.5. The molecule has 0 aromatic carbocycles. The highest BCUT2D eigenvalue weighted by molar-refractivity contribution is 5.77. The van der Waals surface area contributed by atoms with Gasteiger partial charge in [0.15, 0.2) is 5.60 Å². The highest BCUT2D eigenvalue weighted by Gasteiger charge is 2.42. The van der Waals surface area contributed by atoms with E-state index in [2.05, 4.69) is 13.8 Å². The second-order valence-electron chi connectivity index (χ2n) is 4.85. The fourth-order valence-electron chi connectivity index (χ4n) is 2.38. The Labute approximate surface area is 98.2 Å². The van der Waals surface area contributed by atoms with Crippen LogP contribution in [-0.2, 0) is 9.53 Å². The van der Waals surface area contributed by atoms with Gasteiger partial charge in [-0.25, -0.2) is 4.79 Å². The molecule has 0 aliphatic heterocycles. The molecule has 1 N–H and O–H groups in total. The lowest BCUT2D eigenvalue weighted by molar-refractivity contribution is -0.172. The topological polar surface area (TPSA) is 46.5 Å². The Morgan fingerprint density at radius 3 is 2.44 bits per heavy atom. The summed E-state index contributed by atoms with van der Waals surface area (Å²) in [6.07, 6.45) is 6.52. The first-order valence-corrected chi connectivity index (χ1v) is 6.52. The van der Waals surface area contributed by atoms with E-state index >= 15 is 0 Å². The van der Waals surface area contributed by atoms with E-state index in [0.717, 1.165) is 32.1 Å². The molecule has 0 heterocycles. The van der Waals surface area contributed by atoms with Gasteiger partial charge in [-0.15, -0.1) is 0 Å². The molecule has 1 rings (SSSR count). The van der Waals surface area contributed by atoms with Crippen molar-refractivity contribution in [3.8, 4) is 0 Å². The van der Waals surface area contributed by atoms with Gasteiger partial charge >= 0.3 is 5.97 Å². The van der Waals surface area contributed by atoms with Gasteiger partial charge in [0.05, 0.1) is 0 Å². The fraction of sp³-hybridized carbons (Fsp3) is 0.923. The van der Waals surface area contributed by atoms with Crippen molar-refractivity contribution in [2.75, 3.05) is 6.61 Å². The molecule has 0 atom stereocenters. The lowest BCUT2D eigenvalue weighted by Crippen LogP contribution is -2.45. The summed E-state index contributed by atoms with van der Waals surface area (Å²) in [6.45, 7) is 4.85. The average Bonchev–Trinajstić information content (AvgIpc) is 2.30. The van der Waals surface area contributed by atoms with Gasteiger partial charge in [-0.3, -0.25) is 0 Å². The molecule has 0 aromatic heterocycles. The van der Waals surface area contributed by atoms with Crippen LogP contribution < -0.4 is 0 Å². The molecular weight excluding hydrogens is 204 g/mol. The number of carbonyl (C=O) groups is 1. The monoisotopic (exact) mass is 228 g/mol. The quantitative estimate of drug-likeness (QED) is 0.710. The Morgan fingerprint density at radius 2 is 2.00 bits per heavy atom. The Kier molecular flexibility index (Phi) is 5.26. The molecule has 0 bridgehead atoms. The maximum absolute atomic E-state index is 11.3. The second-order valence-corrected chi connectivity index (χ2v) is 4.85. The molecule has 0 amide bonds. The summed E-state index contributed by atoms with van der Waals surface area (Å²) < 4.78 is 5.67. The van der Waals surface area contributed by atoms with E-state index in [1.807, 2.05) is 0 Å². The van der Waals surface area contributed by atoms with Crippen molar-refractivity contribution in [2.45, 2.75) is 64.4 Å². The third-order valence-electron chi connectivity index (χ3n) is 3.76. The molecular formula is C13H24O3. The first-order valence-electron chi connectivity index (χ1n) is 6.52. The third-order valence-corrected chi connectivity index (χ3v) is 3.76. The largest absolute Gasteiger partial charge is 0.479 e. The van der Waals surface area contributed by atoms with E-state index in [4.69, 9.17) is 4.74 Å². The maximum atomic E-state index is 11.3. The highest BCUT2D eigenvalue weighted by Crippen LogP contribution is 2.36. The molecule has 0 radical (unpaired) electrons. The van der Waals surface area contributed by atoms with E-state index in [9.17, 15) is 9.90 Å². The summed E-state index contributed by atoms with van der Waals surface area (Å²) >= 11 is 0. The van der Waals surface area contributed by atoms with Crippen LogP contribution in [0.5, 0.6) is 0 Å². The summed E-state index contributed by atoms with van der Waals surface area (Å²) in [5.41, 5.74) is -0.874. The number of ether oxygens (including phenoxy) is 1. The maximum Gasteiger partial charge on any atom is 0.335 e. The minimum atomic E-state index is -0.874. The van der Waals surface area contributed by atoms with Crippen LogP contribution in [0.4, 0.5) is 0 Å². The van der Waals surface area contributed by atoms with Crippen LogP contribution in [0, 0.1) is 5.92 Å². The predicted octanol–water partition coefficient (Wildman–Crippen LogP) is 3.23. The van der Waals surface area contributed by atoms with Crippen LogP contribution in [-0.4, -0.2) is 23.3 Å². The van der Waals surface area contributed by atoms with E-state index in [-0.39, 0.29) is 0 Å². The van der Waals surface area contributed by atoms with Gasteiger partial charge in [0.1, 0.15) is 0 Å². The van der Waals surface area contributed by atoms with E-state index in [1.54, 1.807) is 0 Å². The normalized spacial score (nSPS) is 30.2. The molecule has 3 heteroatoms. The van der Waals surface area contributed by atoms with E-state index in [1.165, 1.54) is 0 Å².